The number of hydrogen-bond acceptors (Lipinski definition) is 3. The normalized spacial score (nSPS) is 9.62. The van der Waals surface area contributed by atoms with Crippen molar-refractivity contribution in [2.45, 2.75) is 26.2 Å². The van der Waals surface area contributed by atoms with Crippen molar-refractivity contribution in [3.8, 4) is 17.6 Å². The summed E-state index contributed by atoms with van der Waals surface area (Å²) in [5, 5.41) is 8.52. The van der Waals surface area contributed by atoms with Crippen molar-refractivity contribution in [3.05, 3.63) is 23.3 Å². The Balaban J connectivity index is 2.93. The zero-order valence-electron chi connectivity index (χ0n) is 10.0. The summed E-state index contributed by atoms with van der Waals surface area (Å²) in [7, 11) is 3.30. The fourth-order valence-electron chi connectivity index (χ4n) is 1.72. The lowest BCUT2D eigenvalue weighted by atomic mass is 10.0. The molecule has 0 heterocycles. The summed E-state index contributed by atoms with van der Waals surface area (Å²) in [6.07, 6.45) is 2.31. The second-order valence-electron chi connectivity index (χ2n) is 3.64. The van der Waals surface area contributed by atoms with E-state index in [0.29, 0.717) is 6.42 Å². The van der Waals surface area contributed by atoms with Crippen LogP contribution >= 0.6 is 0 Å². The molecule has 0 aliphatic heterocycles. The first-order valence-electron chi connectivity index (χ1n) is 5.31. The van der Waals surface area contributed by atoms with Gasteiger partial charge in [0.15, 0.2) is 0 Å². The number of rotatable bonds is 5. The molecular formula is C13H17NO2. The summed E-state index contributed by atoms with van der Waals surface area (Å²) < 4.78 is 10.5. The van der Waals surface area contributed by atoms with Gasteiger partial charge < -0.3 is 9.47 Å². The Kier molecular flexibility index (Phi) is 4.65. The minimum atomic E-state index is 0.578. The summed E-state index contributed by atoms with van der Waals surface area (Å²) >= 11 is 0. The van der Waals surface area contributed by atoms with Gasteiger partial charge in [-0.1, -0.05) is 0 Å². The van der Waals surface area contributed by atoms with Crippen molar-refractivity contribution in [3.63, 3.8) is 0 Å². The van der Waals surface area contributed by atoms with E-state index in [2.05, 4.69) is 6.07 Å². The van der Waals surface area contributed by atoms with Crippen LogP contribution in [0.2, 0.25) is 0 Å². The van der Waals surface area contributed by atoms with Crippen LogP contribution in [-0.4, -0.2) is 14.2 Å². The lowest BCUT2D eigenvalue weighted by Crippen LogP contribution is -1.97. The molecule has 3 nitrogen and oxygen atoms in total. The Morgan fingerprint density at radius 3 is 2.56 bits per heavy atom. The quantitative estimate of drug-likeness (QED) is 0.715. The number of methoxy groups -OCH3 is 2. The topological polar surface area (TPSA) is 42.2 Å². The first-order chi connectivity index (χ1) is 7.72. The van der Waals surface area contributed by atoms with Gasteiger partial charge in [-0.15, -0.1) is 0 Å². The largest absolute Gasteiger partial charge is 0.497 e. The van der Waals surface area contributed by atoms with Crippen molar-refractivity contribution < 1.29 is 9.47 Å². The van der Waals surface area contributed by atoms with Gasteiger partial charge in [-0.25, -0.2) is 0 Å². The molecule has 0 amide bonds. The highest BCUT2D eigenvalue weighted by Crippen LogP contribution is 2.29. The number of nitriles is 1. The molecule has 0 saturated heterocycles. The SMILES string of the molecule is COc1cc(C)c(CCCC#N)c(OC)c1. The van der Waals surface area contributed by atoms with Gasteiger partial charge in [0.2, 0.25) is 0 Å². The zero-order valence-corrected chi connectivity index (χ0v) is 10.0. The first kappa shape index (κ1) is 12.4. The fourth-order valence-corrected chi connectivity index (χ4v) is 1.72. The summed E-state index contributed by atoms with van der Waals surface area (Å²) in [5.41, 5.74) is 2.31. The Hall–Kier alpha value is -1.69. The minimum absolute atomic E-state index is 0.578. The molecule has 0 saturated carbocycles. The van der Waals surface area contributed by atoms with Gasteiger partial charge >= 0.3 is 0 Å². The summed E-state index contributed by atoms with van der Waals surface area (Å²) in [5.74, 6) is 1.65. The minimum Gasteiger partial charge on any atom is -0.497 e. The predicted molar refractivity (Wildman–Crippen MR) is 62.8 cm³/mol. The molecule has 86 valence electrons. The smallest absolute Gasteiger partial charge is 0.126 e. The standard InChI is InChI=1S/C13H17NO2/c1-10-8-11(15-2)9-13(16-3)12(10)6-4-5-7-14/h8-9H,4-6H2,1-3H3. The summed E-state index contributed by atoms with van der Waals surface area (Å²) in [6, 6.07) is 6.03. The molecule has 16 heavy (non-hydrogen) atoms. The number of hydrogen-bond donors (Lipinski definition) is 0. The van der Waals surface area contributed by atoms with E-state index < -0.39 is 0 Å². The van der Waals surface area contributed by atoms with E-state index in [1.54, 1.807) is 14.2 Å². The van der Waals surface area contributed by atoms with E-state index in [9.17, 15) is 0 Å². The maximum atomic E-state index is 8.52. The van der Waals surface area contributed by atoms with Gasteiger partial charge in [0, 0.05) is 12.5 Å². The van der Waals surface area contributed by atoms with Crippen LogP contribution < -0.4 is 9.47 Å². The molecule has 3 heteroatoms. The summed E-state index contributed by atoms with van der Waals surface area (Å²) in [4.78, 5) is 0. The van der Waals surface area contributed by atoms with E-state index >= 15 is 0 Å². The highest BCUT2D eigenvalue weighted by Gasteiger charge is 2.08. The lowest BCUT2D eigenvalue weighted by molar-refractivity contribution is 0.390. The molecule has 1 rings (SSSR count). The Morgan fingerprint density at radius 2 is 2.00 bits per heavy atom. The third-order valence-corrected chi connectivity index (χ3v) is 2.58. The second-order valence-corrected chi connectivity index (χ2v) is 3.64. The van der Waals surface area contributed by atoms with Crippen molar-refractivity contribution in [1.29, 1.82) is 5.26 Å². The lowest BCUT2D eigenvalue weighted by Gasteiger charge is -2.13. The molecule has 0 aliphatic rings. The van der Waals surface area contributed by atoms with Gasteiger partial charge in [0.05, 0.1) is 20.3 Å². The van der Waals surface area contributed by atoms with E-state index in [1.165, 1.54) is 5.56 Å². The molecule has 0 N–H and O–H groups in total. The van der Waals surface area contributed by atoms with Crippen molar-refractivity contribution in [2.75, 3.05) is 14.2 Å². The van der Waals surface area contributed by atoms with Crippen LogP contribution in [0.15, 0.2) is 12.1 Å². The molecule has 0 fully saturated rings. The van der Waals surface area contributed by atoms with Gasteiger partial charge in [0.1, 0.15) is 11.5 Å². The first-order valence-corrected chi connectivity index (χ1v) is 5.31. The highest BCUT2D eigenvalue weighted by atomic mass is 16.5. The number of ether oxygens (including phenoxy) is 2. The van der Waals surface area contributed by atoms with E-state index in [-0.39, 0.29) is 0 Å². The summed E-state index contributed by atoms with van der Waals surface area (Å²) in [6.45, 7) is 2.03. The molecule has 0 radical (unpaired) electrons. The third-order valence-electron chi connectivity index (χ3n) is 2.58. The maximum Gasteiger partial charge on any atom is 0.126 e. The molecule has 1 aromatic rings. The van der Waals surface area contributed by atoms with Crippen molar-refractivity contribution >= 4 is 0 Å². The molecular weight excluding hydrogens is 202 g/mol. The van der Waals surface area contributed by atoms with Gasteiger partial charge in [-0.3, -0.25) is 0 Å². The van der Waals surface area contributed by atoms with E-state index in [4.69, 9.17) is 14.7 Å². The molecule has 0 unspecified atom stereocenters. The van der Waals surface area contributed by atoms with Crippen LogP contribution in [0.1, 0.15) is 24.0 Å². The molecule has 1 aromatic carbocycles. The van der Waals surface area contributed by atoms with Gasteiger partial charge in [-0.2, -0.15) is 5.26 Å². The molecule has 0 bridgehead atoms. The van der Waals surface area contributed by atoms with E-state index in [1.807, 2.05) is 19.1 Å². The zero-order chi connectivity index (χ0) is 12.0. The van der Waals surface area contributed by atoms with Crippen LogP contribution in [-0.2, 0) is 6.42 Å². The van der Waals surface area contributed by atoms with Crippen LogP contribution in [0.25, 0.3) is 0 Å². The number of aryl methyl sites for hydroxylation is 1. The molecule has 0 aromatic heterocycles. The van der Waals surface area contributed by atoms with Crippen molar-refractivity contribution in [1.82, 2.24) is 0 Å². The number of benzene rings is 1. The Morgan fingerprint density at radius 1 is 1.25 bits per heavy atom. The van der Waals surface area contributed by atoms with Crippen LogP contribution in [0.3, 0.4) is 0 Å². The second kappa shape index (κ2) is 6.02. The number of nitrogens with zero attached hydrogens (tertiary/aromatic N) is 1. The van der Waals surface area contributed by atoms with Crippen LogP contribution in [0, 0.1) is 18.3 Å². The van der Waals surface area contributed by atoms with Crippen LogP contribution in [0.4, 0.5) is 0 Å². The number of unbranched alkanes of at least 4 members (excludes halogenated alkanes) is 1. The average molecular weight is 219 g/mol. The van der Waals surface area contributed by atoms with E-state index in [0.717, 1.165) is 29.9 Å². The molecule has 0 spiro atoms. The van der Waals surface area contributed by atoms with Crippen molar-refractivity contribution in [2.24, 2.45) is 0 Å². The monoisotopic (exact) mass is 219 g/mol. The molecule has 0 atom stereocenters. The third kappa shape index (κ3) is 2.90. The Bertz CT molecular complexity index is 394. The predicted octanol–water partition coefficient (Wildman–Crippen LogP) is 2.86. The van der Waals surface area contributed by atoms with Gasteiger partial charge in [-0.05, 0) is 37.0 Å². The Labute approximate surface area is 96.6 Å². The van der Waals surface area contributed by atoms with Gasteiger partial charge in [0.25, 0.3) is 0 Å². The maximum absolute atomic E-state index is 8.52. The molecule has 0 aliphatic carbocycles. The average Bonchev–Trinajstić information content (AvgIpc) is 2.30. The highest BCUT2D eigenvalue weighted by molar-refractivity contribution is 5.46. The van der Waals surface area contributed by atoms with Crippen LogP contribution in [0.5, 0.6) is 11.5 Å². The fraction of sp³-hybridized carbons (Fsp3) is 0.462.